The summed E-state index contributed by atoms with van der Waals surface area (Å²) >= 11 is 6.32. The molecule has 0 aliphatic heterocycles. The lowest BCUT2D eigenvalue weighted by molar-refractivity contribution is -0.384. The third kappa shape index (κ3) is 4.41. The second-order valence-corrected chi connectivity index (χ2v) is 6.35. The van der Waals surface area contributed by atoms with Crippen LogP contribution in [0.1, 0.15) is 5.56 Å². The molecule has 3 rings (SSSR count). The normalized spacial score (nSPS) is 10.7. The lowest BCUT2D eigenvalue weighted by Gasteiger charge is -2.14. The van der Waals surface area contributed by atoms with Crippen LogP contribution < -0.4 is 15.4 Å². The molecule has 3 N–H and O–H groups in total. The number of halogens is 1. The number of pyridine rings is 1. The van der Waals surface area contributed by atoms with Crippen molar-refractivity contribution in [1.82, 2.24) is 4.98 Å². The quantitative estimate of drug-likeness (QED) is 0.298. The Kier molecular flexibility index (Phi) is 6.13. The number of nitrogens with zero attached hydrogens (tertiary/aromatic N) is 2. The minimum absolute atomic E-state index is 0.0353. The molecule has 0 aliphatic rings. The Balaban J connectivity index is 1.87. The number of ether oxygens (including phenoxy) is 1. The van der Waals surface area contributed by atoms with Crippen LogP contribution in [0.25, 0.3) is 10.9 Å². The number of nitrogens with one attached hydrogen (secondary N) is 2. The molecule has 0 fully saturated rings. The molecule has 1 aromatic heterocycles. The van der Waals surface area contributed by atoms with Gasteiger partial charge in [0, 0.05) is 42.2 Å². The topological polar surface area (TPSA) is 110 Å². The van der Waals surface area contributed by atoms with Crippen molar-refractivity contribution in [2.24, 2.45) is 0 Å². The first-order valence-electron chi connectivity index (χ1n) is 8.52. The van der Waals surface area contributed by atoms with Crippen LogP contribution in [0, 0.1) is 10.1 Å². The average Bonchev–Trinajstić information content (AvgIpc) is 2.70. The summed E-state index contributed by atoms with van der Waals surface area (Å²) in [7, 11) is 1.59. The molecule has 9 heteroatoms. The van der Waals surface area contributed by atoms with Crippen LogP contribution in [0.3, 0.4) is 0 Å². The number of nitro benzene ring substituents is 1. The van der Waals surface area contributed by atoms with Gasteiger partial charge in [-0.15, -0.1) is 0 Å². The molecule has 2 aromatic carbocycles. The minimum atomic E-state index is -0.459. The van der Waals surface area contributed by atoms with Crippen LogP contribution >= 0.6 is 11.6 Å². The maximum atomic E-state index is 11.1. The van der Waals surface area contributed by atoms with Crippen molar-refractivity contribution >= 4 is 39.6 Å². The number of hydrogen-bond acceptors (Lipinski definition) is 7. The Morgan fingerprint density at radius 3 is 2.71 bits per heavy atom. The van der Waals surface area contributed by atoms with Crippen molar-refractivity contribution in [3.05, 3.63) is 63.3 Å². The third-order valence-electron chi connectivity index (χ3n) is 4.16. The lowest BCUT2D eigenvalue weighted by Crippen LogP contribution is -2.09. The van der Waals surface area contributed by atoms with Crippen molar-refractivity contribution in [2.75, 3.05) is 30.9 Å². The first-order chi connectivity index (χ1) is 13.5. The van der Waals surface area contributed by atoms with Gasteiger partial charge in [0.25, 0.3) is 5.69 Å². The standard InChI is InChI=1S/C19H19ClN4O4/c1-28-15-4-2-12-8-13(19(20)23-17(12)10-15)11-22-18-9-14(24(26)27)3-5-16(18)21-6-7-25/h2-5,8-10,21-22,25H,6-7,11H2,1H3. The first-order valence-corrected chi connectivity index (χ1v) is 8.90. The van der Waals surface area contributed by atoms with E-state index in [-0.39, 0.29) is 12.3 Å². The van der Waals surface area contributed by atoms with E-state index in [0.29, 0.717) is 40.9 Å². The number of nitro groups is 1. The van der Waals surface area contributed by atoms with Gasteiger partial charge in [0.2, 0.25) is 0 Å². The van der Waals surface area contributed by atoms with Crippen molar-refractivity contribution < 1.29 is 14.8 Å². The molecule has 0 saturated carbocycles. The lowest BCUT2D eigenvalue weighted by atomic mass is 10.1. The van der Waals surface area contributed by atoms with Gasteiger partial charge in [-0.1, -0.05) is 11.6 Å². The molecule has 0 bridgehead atoms. The monoisotopic (exact) mass is 402 g/mol. The zero-order chi connectivity index (χ0) is 20.1. The van der Waals surface area contributed by atoms with Gasteiger partial charge < -0.3 is 20.5 Å². The predicted octanol–water partition coefficient (Wildman–Crippen LogP) is 3.82. The Morgan fingerprint density at radius 2 is 2.00 bits per heavy atom. The maximum absolute atomic E-state index is 11.1. The molecule has 0 aliphatic carbocycles. The summed E-state index contributed by atoms with van der Waals surface area (Å²) in [6, 6.07) is 11.9. The van der Waals surface area contributed by atoms with Gasteiger partial charge in [-0.3, -0.25) is 10.1 Å². The second kappa shape index (κ2) is 8.73. The van der Waals surface area contributed by atoms with Crippen LogP contribution in [0.15, 0.2) is 42.5 Å². The predicted molar refractivity (Wildman–Crippen MR) is 109 cm³/mol. The summed E-state index contributed by atoms with van der Waals surface area (Å²) in [6.07, 6.45) is 0. The number of benzene rings is 2. The molecule has 1 heterocycles. The molecule has 0 radical (unpaired) electrons. The molecular formula is C19H19ClN4O4. The van der Waals surface area contributed by atoms with Crippen molar-refractivity contribution in [3.63, 3.8) is 0 Å². The van der Waals surface area contributed by atoms with E-state index in [1.807, 2.05) is 18.2 Å². The first kappa shape index (κ1) is 19.7. The molecule has 0 atom stereocenters. The fourth-order valence-corrected chi connectivity index (χ4v) is 2.96. The maximum Gasteiger partial charge on any atom is 0.271 e. The van der Waals surface area contributed by atoms with Gasteiger partial charge >= 0.3 is 0 Å². The van der Waals surface area contributed by atoms with E-state index in [0.717, 1.165) is 10.9 Å². The van der Waals surface area contributed by atoms with Crippen molar-refractivity contribution in [1.29, 1.82) is 0 Å². The van der Waals surface area contributed by atoms with Crippen LogP contribution in [0.2, 0.25) is 5.15 Å². The molecule has 8 nitrogen and oxygen atoms in total. The zero-order valence-electron chi connectivity index (χ0n) is 15.1. The van der Waals surface area contributed by atoms with Gasteiger partial charge in [-0.2, -0.15) is 0 Å². The Bertz CT molecular complexity index is 1010. The highest BCUT2D eigenvalue weighted by Crippen LogP contribution is 2.29. The average molecular weight is 403 g/mol. The van der Waals surface area contributed by atoms with Crippen LogP contribution in [0.5, 0.6) is 5.75 Å². The summed E-state index contributed by atoms with van der Waals surface area (Å²) in [6.45, 7) is 0.593. The molecule has 0 spiro atoms. The highest BCUT2D eigenvalue weighted by molar-refractivity contribution is 6.30. The molecule has 3 aromatic rings. The highest BCUT2D eigenvalue weighted by atomic mass is 35.5. The number of non-ortho nitro benzene ring substituents is 1. The number of aliphatic hydroxyl groups excluding tert-OH is 1. The van der Waals surface area contributed by atoms with Gasteiger partial charge in [-0.05, 0) is 24.3 Å². The Labute approximate surface area is 166 Å². The van der Waals surface area contributed by atoms with E-state index in [4.69, 9.17) is 21.4 Å². The fourth-order valence-electron chi connectivity index (χ4n) is 2.75. The summed E-state index contributed by atoms with van der Waals surface area (Å²) in [5.74, 6) is 0.693. The van der Waals surface area contributed by atoms with E-state index < -0.39 is 4.92 Å². The van der Waals surface area contributed by atoms with Gasteiger partial charge in [0.15, 0.2) is 0 Å². The summed E-state index contributed by atoms with van der Waals surface area (Å²) < 4.78 is 5.20. The SMILES string of the molecule is COc1ccc2cc(CNc3cc([N+](=O)[O-])ccc3NCCO)c(Cl)nc2c1. The number of fused-ring (bicyclic) bond motifs is 1. The van der Waals surface area contributed by atoms with Crippen molar-refractivity contribution in [2.45, 2.75) is 6.54 Å². The molecule has 0 amide bonds. The summed E-state index contributed by atoms with van der Waals surface area (Å²) in [5, 5.41) is 27.5. The second-order valence-electron chi connectivity index (χ2n) is 5.99. The smallest absolute Gasteiger partial charge is 0.271 e. The molecule has 0 saturated heterocycles. The number of hydrogen-bond donors (Lipinski definition) is 3. The highest BCUT2D eigenvalue weighted by Gasteiger charge is 2.12. The number of anilines is 2. The van der Waals surface area contributed by atoms with Crippen LogP contribution in [0.4, 0.5) is 17.1 Å². The largest absolute Gasteiger partial charge is 0.497 e. The van der Waals surface area contributed by atoms with Gasteiger partial charge in [0.1, 0.15) is 10.9 Å². The fraction of sp³-hybridized carbons (Fsp3) is 0.211. The number of methoxy groups -OCH3 is 1. The summed E-state index contributed by atoms with van der Waals surface area (Å²) in [4.78, 5) is 15.0. The Morgan fingerprint density at radius 1 is 1.18 bits per heavy atom. The molecule has 28 heavy (non-hydrogen) atoms. The van der Waals surface area contributed by atoms with E-state index in [9.17, 15) is 10.1 Å². The molecule has 146 valence electrons. The third-order valence-corrected chi connectivity index (χ3v) is 4.49. The molecular weight excluding hydrogens is 384 g/mol. The van der Waals surface area contributed by atoms with Crippen molar-refractivity contribution in [3.8, 4) is 5.75 Å². The molecule has 0 unspecified atom stereocenters. The van der Waals surface area contributed by atoms with E-state index in [2.05, 4.69) is 15.6 Å². The van der Waals surface area contributed by atoms with Gasteiger partial charge in [0.05, 0.1) is 35.5 Å². The minimum Gasteiger partial charge on any atom is -0.497 e. The zero-order valence-corrected chi connectivity index (χ0v) is 15.9. The van der Waals surface area contributed by atoms with E-state index in [1.165, 1.54) is 12.1 Å². The number of rotatable bonds is 8. The van der Waals surface area contributed by atoms with Crippen LogP contribution in [-0.2, 0) is 6.54 Å². The van der Waals surface area contributed by atoms with Gasteiger partial charge in [-0.25, -0.2) is 4.98 Å². The van der Waals surface area contributed by atoms with E-state index in [1.54, 1.807) is 19.2 Å². The number of aromatic nitrogens is 1. The van der Waals surface area contributed by atoms with Crippen LogP contribution in [-0.4, -0.2) is 35.3 Å². The van der Waals surface area contributed by atoms with E-state index >= 15 is 0 Å². The Hall–Kier alpha value is -3.10. The number of aliphatic hydroxyl groups is 1. The summed E-state index contributed by atoms with van der Waals surface area (Å²) in [5.41, 5.74) is 2.61.